The Hall–Kier alpha value is -0.200. The molecule has 5 atom stereocenters. The Balaban J connectivity index is 2.12. The largest absolute Gasteiger partial charge is 0.395 e. The molecule has 0 radical (unpaired) electrons. The molecule has 0 aliphatic carbocycles. The summed E-state index contributed by atoms with van der Waals surface area (Å²) >= 11 is 0. The Bertz CT molecular complexity index is 277. The molecule has 0 bridgehead atoms. The van der Waals surface area contributed by atoms with Crippen molar-refractivity contribution in [2.24, 2.45) is 0 Å². The van der Waals surface area contributed by atoms with Gasteiger partial charge in [0.15, 0.2) is 0 Å². The molecule has 1 aliphatic heterocycles. The van der Waals surface area contributed by atoms with Gasteiger partial charge < -0.3 is 25.7 Å². The Morgan fingerprint density at radius 1 is 1.05 bits per heavy atom. The van der Waals surface area contributed by atoms with Crippen LogP contribution in [0.4, 0.5) is 0 Å². The third kappa shape index (κ3) is 7.38. The average molecular weight is 317 g/mol. The molecule has 0 spiro atoms. The maximum Gasteiger partial charge on any atom is 0.0974 e. The highest BCUT2D eigenvalue weighted by molar-refractivity contribution is 4.92. The normalized spacial score (nSPS) is 30.4. The molecule has 22 heavy (non-hydrogen) atoms. The van der Waals surface area contributed by atoms with Crippen molar-refractivity contribution in [3.63, 3.8) is 0 Å². The highest BCUT2D eigenvalue weighted by atomic mass is 16.3. The second kappa shape index (κ2) is 11.4. The van der Waals surface area contributed by atoms with E-state index in [1.165, 1.54) is 38.5 Å². The molecule has 1 fully saturated rings. The van der Waals surface area contributed by atoms with E-state index < -0.39 is 18.2 Å². The number of aliphatic hydroxyl groups excluding tert-OH is 4. The minimum Gasteiger partial charge on any atom is -0.395 e. The van der Waals surface area contributed by atoms with E-state index in [0.717, 1.165) is 12.8 Å². The summed E-state index contributed by atoms with van der Waals surface area (Å²) in [6.45, 7) is 2.01. The minimum atomic E-state index is -0.929. The number of unbranched alkanes of at least 4 members (excludes halogenated alkanes) is 6. The lowest BCUT2D eigenvalue weighted by Crippen LogP contribution is -2.59. The van der Waals surface area contributed by atoms with Crippen LogP contribution in [0, 0.1) is 0 Å². The molecular weight excluding hydrogens is 282 g/mol. The molecule has 1 rings (SSSR count). The highest BCUT2D eigenvalue weighted by Gasteiger charge is 2.35. The van der Waals surface area contributed by atoms with Crippen molar-refractivity contribution in [3.05, 3.63) is 0 Å². The van der Waals surface area contributed by atoms with Gasteiger partial charge in [-0.05, 0) is 19.3 Å². The smallest absolute Gasteiger partial charge is 0.0974 e. The molecule has 0 amide bonds. The molecule has 0 aromatic carbocycles. The molecule has 132 valence electrons. The Kier molecular flexibility index (Phi) is 10.2. The molecule has 1 aliphatic rings. The van der Waals surface area contributed by atoms with Gasteiger partial charge in [0.05, 0.1) is 31.0 Å². The molecule has 5 heteroatoms. The van der Waals surface area contributed by atoms with Gasteiger partial charge in [0, 0.05) is 6.04 Å². The molecule has 0 aromatic rings. The summed E-state index contributed by atoms with van der Waals surface area (Å²) in [6, 6.07) is -0.547. The number of piperidine rings is 1. The van der Waals surface area contributed by atoms with Crippen LogP contribution in [-0.2, 0) is 0 Å². The van der Waals surface area contributed by atoms with E-state index in [1.807, 2.05) is 0 Å². The van der Waals surface area contributed by atoms with Crippen LogP contribution >= 0.6 is 0 Å². The zero-order chi connectivity index (χ0) is 16.4. The van der Waals surface area contributed by atoms with E-state index in [9.17, 15) is 20.4 Å². The lowest BCUT2D eigenvalue weighted by atomic mass is 9.89. The monoisotopic (exact) mass is 317 g/mol. The highest BCUT2D eigenvalue weighted by Crippen LogP contribution is 2.20. The summed E-state index contributed by atoms with van der Waals surface area (Å²) in [4.78, 5) is 0. The molecule has 5 N–H and O–H groups in total. The fraction of sp³-hybridized carbons (Fsp3) is 1.00. The summed E-state index contributed by atoms with van der Waals surface area (Å²) in [5.41, 5.74) is 0. The van der Waals surface area contributed by atoms with Crippen molar-refractivity contribution >= 4 is 0 Å². The first-order valence-corrected chi connectivity index (χ1v) is 8.99. The molecule has 0 unspecified atom stereocenters. The molecule has 0 aromatic heterocycles. The van der Waals surface area contributed by atoms with Crippen molar-refractivity contribution in [2.45, 2.75) is 102 Å². The lowest BCUT2D eigenvalue weighted by molar-refractivity contribution is -0.0559. The van der Waals surface area contributed by atoms with Crippen LogP contribution in [0.15, 0.2) is 0 Å². The summed E-state index contributed by atoms with van der Waals surface area (Å²) in [7, 11) is 0. The first-order valence-electron chi connectivity index (χ1n) is 8.99. The van der Waals surface area contributed by atoms with Gasteiger partial charge in [-0.15, -0.1) is 0 Å². The lowest BCUT2D eigenvalue weighted by Gasteiger charge is -2.38. The molecule has 1 heterocycles. The van der Waals surface area contributed by atoms with Crippen molar-refractivity contribution < 1.29 is 20.4 Å². The zero-order valence-corrected chi connectivity index (χ0v) is 14.0. The van der Waals surface area contributed by atoms with Crippen molar-refractivity contribution in [3.8, 4) is 0 Å². The van der Waals surface area contributed by atoms with Gasteiger partial charge in [0.1, 0.15) is 0 Å². The van der Waals surface area contributed by atoms with E-state index in [2.05, 4.69) is 12.2 Å². The van der Waals surface area contributed by atoms with Gasteiger partial charge in [-0.3, -0.25) is 0 Å². The van der Waals surface area contributed by atoms with E-state index in [-0.39, 0.29) is 18.8 Å². The van der Waals surface area contributed by atoms with Crippen molar-refractivity contribution in [1.29, 1.82) is 0 Å². The summed E-state index contributed by atoms with van der Waals surface area (Å²) in [5.74, 6) is 0. The summed E-state index contributed by atoms with van der Waals surface area (Å²) in [5, 5.41) is 41.9. The maximum atomic E-state index is 10.1. The van der Waals surface area contributed by atoms with Gasteiger partial charge in [-0.1, -0.05) is 51.9 Å². The van der Waals surface area contributed by atoms with Crippen LogP contribution in [0.3, 0.4) is 0 Å². The Morgan fingerprint density at radius 3 is 2.32 bits per heavy atom. The van der Waals surface area contributed by atoms with Gasteiger partial charge in [0.2, 0.25) is 0 Å². The number of hydrogen-bond donors (Lipinski definition) is 5. The van der Waals surface area contributed by atoms with Crippen LogP contribution < -0.4 is 5.32 Å². The van der Waals surface area contributed by atoms with Crippen LogP contribution in [0.5, 0.6) is 0 Å². The standard InChI is InChI=1S/C17H35NO4/c1-2-3-4-5-6-7-8-9-14(20)10-13-11-16(21)17(22)15(12-19)18-13/h13-22H,2-12H2,1H3/t13-,14+,15+,16-,17-/m1/s1. The van der Waals surface area contributed by atoms with E-state index >= 15 is 0 Å². The molecule has 1 saturated heterocycles. The Morgan fingerprint density at radius 2 is 1.68 bits per heavy atom. The minimum absolute atomic E-state index is 0.0462. The van der Waals surface area contributed by atoms with Gasteiger partial charge in [-0.2, -0.15) is 0 Å². The van der Waals surface area contributed by atoms with Crippen LogP contribution in [0.25, 0.3) is 0 Å². The number of rotatable bonds is 11. The first-order chi connectivity index (χ1) is 10.6. The average Bonchev–Trinajstić information content (AvgIpc) is 2.49. The third-order valence-corrected chi connectivity index (χ3v) is 4.68. The predicted octanol–water partition coefficient (Wildman–Crippen LogP) is 1.32. The molecular formula is C17H35NO4. The predicted molar refractivity (Wildman–Crippen MR) is 87.7 cm³/mol. The number of hydrogen-bond acceptors (Lipinski definition) is 5. The number of aliphatic hydroxyl groups is 4. The topological polar surface area (TPSA) is 93.0 Å². The van der Waals surface area contributed by atoms with Crippen molar-refractivity contribution in [1.82, 2.24) is 5.32 Å². The fourth-order valence-electron chi connectivity index (χ4n) is 3.28. The second-order valence-corrected chi connectivity index (χ2v) is 6.75. The van der Waals surface area contributed by atoms with E-state index in [0.29, 0.717) is 12.8 Å². The SMILES string of the molecule is CCCCCCCCC[C@H](O)C[C@@H]1C[C@@H](O)[C@H](O)[C@H](CO)N1. The Labute approximate surface area is 134 Å². The summed E-state index contributed by atoms with van der Waals surface area (Å²) in [6.07, 6.45) is 8.27. The van der Waals surface area contributed by atoms with Crippen LogP contribution in [-0.4, -0.2) is 57.4 Å². The summed E-state index contributed by atoms with van der Waals surface area (Å²) < 4.78 is 0. The van der Waals surface area contributed by atoms with Gasteiger partial charge in [0.25, 0.3) is 0 Å². The second-order valence-electron chi connectivity index (χ2n) is 6.75. The zero-order valence-electron chi connectivity index (χ0n) is 14.0. The molecule has 5 nitrogen and oxygen atoms in total. The van der Waals surface area contributed by atoms with Crippen molar-refractivity contribution in [2.75, 3.05) is 6.61 Å². The van der Waals surface area contributed by atoms with Crippen LogP contribution in [0.1, 0.15) is 71.1 Å². The first kappa shape index (κ1) is 19.8. The van der Waals surface area contributed by atoms with Gasteiger partial charge >= 0.3 is 0 Å². The quantitative estimate of drug-likeness (QED) is 0.371. The molecule has 0 saturated carbocycles. The third-order valence-electron chi connectivity index (χ3n) is 4.68. The number of nitrogens with one attached hydrogen (secondary N) is 1. The maximum absolute atomic E-state index is 10.1. The van der Waals surface area contributed by atoms with Gasteiger partial charge in [-0.25, -0.2) is 0 Å². The van der Waals surface area contributed by atoms with Crippen LogP contribution in [0.2, 0.25) is 0 Å². The van der Waals surface area contributed by atoms with E-state index in [4.69, 9.17) is 0 Å². The van der Waals surface area contributed by atoms with E-state index in [1.54, 1.807) is 0 Å². The fourth-order valence-corrected chi connectivity index (χ4v) is 3.28.